The molecule has 5 heteroatoms. The Bertz CT molecular complexity index is 423. The van der Waals surface area contributed by atoms with Crippen LogP contribution in [0, 0.1) is 5.92 Å². The van der Waals surface area contributed by atoms with Crippen LogP contribution in [0.25, 0.3) is 0 Å². The van der Waals surface area contributed by atoms with Crippen molar-refractivity contribution in [3.05, 3.63) is 33.3 Å². The number of hydrogen-bond acceptors (Lipinski definition) is 2. The zero-order valence-corrected chi connectivity index (χ0v) is 12.8. The molecule has 0 aromatic heterocycles. The van der Waals surface area contributed by atoms with Crippen molar-refractivity contribution in [1.82, 2.24) is 5.32 Å². The summed E-state index contributed by atoms with van der Waals surface area (Å²) >= 11 is 9.12. The molecule has 0 fully saturated rings. The van der Waals surface area contributed by atoms with Crippen LogP contribution in [-0.4, -0.2) is 23.7 Å². The molecule has 0 heterocycles. The predicted molar refractivity (Wildman–Crippen MR) is 76.9 cm³/mol. The highest BCUT2D eigenvalue weighted by molar-refractivity contribution is 9.10. The number of rotatable bonds is 5. The molecule has 1 unspecified atom stereocenters. The molecular weight excluding hydrogens is 318 g/mol. The SMILES string of the molecule is CC(C)CC(O)CNC(=O)c1ccc(Cl)c(Br)c1. The lowest BCUT2D eigenvalue weighted by Gasteiger charge is -2.14. The van der Waals surface area contributed by atoms with E-state index >= 15 is 0 Å². The van der Waals surface area contributed by atoms with Crippen LogP contribution in [0.1, 0.15) is 30.6 Å². The molecule has 1 amide bonds. The minimum atomic E-state index is -0.510. The Morgan fingerprint density at radius 3 is 2.72 bits per heavy atom. The Kier molecular flexibility index (Phi) is 6.12. The number of aliphatic hydroxyl groups is 1. The van der Waals surface area contributed by atoms with Gasteiger partial charge in [0.05, 0.1) is 11.1 Å². The van der Waals surface area contributed by atoms with Crippen LogP contribution < -0.4 is 5.32 Å². The van der Waals surface area contributed by atoms with Gasteiger partial charge in [-0.15, -0.1) is 0 Å². The van der Waals surface area contributed by atoms with E-state index in [4.69, 9.17) is 11.6 Å². The first-order chi connectivity index (χ1) is 8.40. The van der Waals surface area contributed by atoms with Gasteiger partial charge in [-0.25, -0.2) is 0 Å². The number of nitrogens with one attached hydrogen (secondary N) is 1. The highest BCUT2D eigenvalue weighted by Gasteiger charge is 2.11. The van der Waals surface area contributed by atoms with Crippen LogP contribution in [0.2, 0.25) is 5.02 Å². The summed E-state index contributed by atoms with van der Waals surface area (Å²) in [5.74, 6) is 0.191. The van der Waals surface area contributed by atoms with Crippen molar-refractivity contribution >= 4 is 33.4 Å². The van der Waals surface area contributed by atoms with Gasteiger partial charge in [0.2, 0.25) is 0 Å². The maximum atomic E-state index is 11.8. The number of carbonyl (C=O) groups excluding carboxylic acids is 1. The molecule has 0 aliphatic heterocycles. The number of aliphatic hydroxyl groups excluding tert-OH is 1. The molecule has 100 valence electrons. The van der Waals surface area contributed by atoms with Gasteiger partial charge in [-0.3, -0.25) is 4.79 Å². The molecule has 3 nitrogen and oxygen atoms in total. The molecule has 1 rings (SSSR count). The van der Waals surface area contributed by atoms with Crippen molar-refractivity contribution in [3.8, 4) is 0 Å². The van der Waals surface area contributed by atoms with Crippen molar-refractivity contribution < 1.29 is 9.90 Å². The first kappa shape index (κ1) is 15.5. The van der Waals surface area contributed by atoms with Gasteiger partial charge in [0, 0.05) is 16.6 Å². The molecule has 0 aliphatic carbocycles. The molecule has 1 aromatic rings. The van der Waals surface area contributed by atoms with Gasteiger partial charge in [0.25, 0.3) is 5.91 Å². The van der Waals surface area contributed by atoms with E-state index in [0.29, 0.717) is 27.4 Å². The molecule has 0 saturated heterocycles. The summed E-state index contributed by atoms with van der Waals surface area (Å²) in [6, 6.07) is 4.97. The predicted octanol–water partition coefficient (Wildman–Crippen LogP) is 3.24. The fourth-order valence-corrected chi connectivity index (χ4v) is 2.07. The van der Waals surface area contributed by atoms with Crippen LogP contribution >= 0.6 is 27.5 Å². The van der Waals surface area contributed by atoms with E-state index in [1.165, 1.54) is 0 Å². The summed E-state index contributed by atoms with van der Waals surface area (Å²) < 4.78 is 0.680. The second-order valence-electron chi connectivity index (χ2n) is 4.62. The first-order valence-electron chi connectivity index (χ1n) is 5.81. The third-order valence-electron chi connectivity index (χ3n) is 2.42. The smallest absolute Gasteiger partial charge is 0.251 e. The largest absolute Gasteiger partial charge is 0.391 e. The average Bonchev–Trinajstić information content (AvgIpc) is 2.28. The van der Waals surface area contributed by atoms with E-state index in [2.05, 4.69) is 21.2 Å². The lowest BCUT2D eigenvalue weighted by molar-refractivity contribution is 0.0900. The van der Waals surface area contributed by atoms with Gasteiger partial charge in [-0.1, -0.05) is 25.4 Å². The molecule has 0 bridgehead atoms. The Labute approximate surface area is 121 Å². The Morgan fingerprint density at radius 1 is 1.50 bits per heavy atom. The van der Waals surface area contributed by atoms with Gasteiger partial charge in [-0.05, 0) is 46.5 Å². The summed E-state index contributed by atoms with van der Waals surface area (Å²) in [7, 11) is 0. The summed E-state index contributed by atoms with van der Waals surface area (Å²) in [4.78, 5) is 11.8. The van der Waals surface area contributed by atoms with Gasteiger partial charge in [0.15, 0.2) is 0 Å². The highest BCUT2D eigenvalue weighted by Crippen LogP contribution is 2.23. The van der Waals surface area contributed by atoms with Crippen molar-refractivity contribution in [2.75, 3.05) is 6.54 Å². The van der Waals surface area contributed by atoms with Gasteiger partial charge >= 0.3 is 0 Å². The number of carbonyl (C=O) groups is 1. The summed E-state index contributed by atoms with van der Waals surface area (Å²) in [6.45, 7) is 4.32. The van der Waals surface area contributed by atoms with E-state index in [1.54, 1.807) is 18.2 Å². The van der Waals surface area contributed by atoms with Gasteiger partial charge < -0.3 is 10.4 Å². The van der Waals surface area contributed by atoms with Crippen LogP contribution in [0.3, 0.4) is 0 Å². The normalized spacial score (nSPS) is 12.6. The summed E-state index contributed by atoms with van der Waals surface area (Å²) in [6.07, 6.45) is 0.162. The molecular formula is C13H17BrClNO2. The van der Waals surface area contributed by atoms with Crippen LogP contribution in [0.5, 0.6) is 0 Å². The van der Waals surface area contributed by atoms with Crippen LogP contribution in [-0.2, 0) is 0 Å². The molecule has 0 aliphatic rings. The van der Waals surface area contributed by atoms with Crippen molar-refractivity contribution in [2.24, 2.45) is 5.92 Å². The maximum Gasteiger partial charge on any atom is 0.251 e. The lowest BCUT2D eigenvalue weighted by Crippen LogP contribution is -2.32. The number of benzene rings is 1. The molecule has 0 spiro atoms. The van der Waals surface area contributed by atoms with E-state index in [-0.39, 0.29) is 12.5 Å². The Hall–Kier alpha value is -0.580. The topological polar surface area (TPSA) is 49.3 Å². The fraction of sp³-hybridized carbons (Fsp3) is 0.462. The van der Waals surface area contributed by atoms with Crippen molar-refractivity contribution in [1.29, 1.82) is 0 Å². The number of hydrogen-bond donors (Lipinski definition) is 2. The van der Waals surface area contributed by atoms with Crippen LogP contribution in [0.4, 0.5) is 0 Å². The van der Waals surface area contributed by atoms with E-state index in [9.17, 15) is 9.90 Å². The molecule has 18 heavy (non-hydrogen) atoms. The molecule has 1 atom stereocenters. The zero-order valence-electron chi connectivity index (χ0n) is 10.4. The number of amides is 1. The maximum absolute atomic E-state index is 11.8. The minimum Gasteiger partial charge on any atom is -0.391 e. The van der Waals surface area contributed by atoms with Gasteiger partial charge in [-0.2, -0.15) is 0 Å². The van der Waals surface area contributed by atoms with Gasteiger partial charge in [0.1, 0.15) is 0 Å². The summed E-state index contributed by atoms with van der Waals surface area (Å²) in [5, 5.41) is 12.9. The second-order valence-corrected chi connectivity index (χ2v) is 5.88. The van der Waals surface area contributed by atoms with E-state index in [1.807, 2.05) is 13.8 Å². The third kappa shape index (κ3) is 4.96. The first-order valence-corrected chi connectivity index (χ1v) is 6.98. The fourth-order valence-electron chi connectivity index (χ4n) is 1.58. The monoisotopic (exact) mass is 333 g/mol. The zero-order chi connectivity index (χ0) is 13.7. The lowest BCUT2D eigenvalue weighted by atomic mass is 10.1. The number of halogens is 2. The van der Waals surface area contributed by atoms with Crippen molar-refractivity contribution in [3.63, 3.8) is 0 Å². The van der Waals surface area contributed by atoms with E-state index < -0.39 is 6.10 Å². The molecule has 0 radical (unpaired) electrons. The van der Waals surface area contributed by atoms with Crippen LogP contribution in [0.15, 0.2) is 22.7 Å². The van der Waals surface area contributed by atoms with Crippen molar-refractivity contribution in [2.45, 2.75) is 26.4 Å². The van der Waals surface area contributed by atoms with E-state index in [0.717, 1.165) is 0 Å². The molecule has 2 N–H and O–H groups in total. The summed E-state index contributed by atoms with van der Waals surface area (Å²) in [5.41, 5.74) is 0.517. The Morgan fingerprint density at radius 2 is 2.17 bits per heavy atom. The quantitative estimate of drug-likeness (QED) is 0.868. The minimum absolute atomic E-state index is 0.213. The second kappa shape index (κ2) is 7.12. The third-order valence-corrected chi connectivity index (χ3v) is 3.64. The standard InChI is InChI=1S/C13H17BrClNO2/c1-8(2)5-10(17)7-16-13(18)9-3-4-12(15)11(14)6-9/h3-4,6,8,10,17H,5,7H2,1-2H3,(H,16,18). The Balaban J connectivity index is 2.52. The molecule has 1 aromatic carbocycles. The highest BCUT2D eigenvalue weighted by atomic mass is 79.9. The molecule has 0 saturated carbocycles. The average molecular weight is 335 g/mol.